The number of hydrogen-bond donors (Lipinski definition) is 1. The monoisotopic (exact) mass is 411 g/mol. The van der Waals surface area contributed by atoms with Gasteiger partial charge in [0.2, 0.25) is 0 Å². The highest BCUT2D eigenvalue weighted by Gasteiger charge is 2.25. The first-order valence-corrected chi connectivity index (χ1v) is 10.4. The third kappa shape index (κ3) is 4.75. The van der Waals surface area contributed by atoms with Crippen molar-refractivity contribution >= 4 is 17.6 Å². The Morgan fingerprint density at radius 1 is 1.10 bits per heavy atom. The Balaban J connectivity index is 1.30. The molecule has 1 saturated carbocycles. The van der Waals surface area contributed by atoms with Crippen LogP contribution in [-0.2, 0) is 0 Å². The van der Waals surface area contributed by atoms with Gasteiger partial charge in [-0.25, -0.2) is 4.39 Å². The first-order valence-electron chi connectivity index (χ1n) is 10.4. The summed E-state index contributed by atoms with van der Waals surface area (Å²) in [6, 6.07) is 7.75. The van der Waals surface area contributed by atoms with E-state index in [1.807, 2.05) is 11.8 Å². The molecule has 30 heavy (non-hydrogen) atoms. The molecule has 2 fully saturated rings. The molecule has 2 heterocycles. The molecule has 1 aliphatic carbocycles. The lowest BCUT2D eigenvalue weighted by Crippen LogP contribution is -2.49. The number of nitrogens with zero attached hydrogens (tertiary/aromatic N) is 4. The minimum atomic E-state index is -0.408. The van der Waals surface area contributed by atoms with Gasteiger partial charge < -0.3 is 15.1 Å². The fourth-order valence-electron chi connectivity index (χ4n) is 3.64. The summed E-state index contributed by atoms with van der Waals surface area (Å²) in [5.41, 5.74) is 1.48. The van der Waals surface area contributed by atoms with Crippen molar-refractivity contribution in [1.82, 2.24) is 20.4 Å². The summed E-state index contributed by atoms with van der Waals surface area (Å²) in [4.78, 5) is 28.6. The van der Waals surface area contributed by atoms with Crippen LogP contribution in [0.5, 0.6) is 0 Å². The highest BCUT2D eigenvalue weighted by molar-refractivity contribution is 5.95. The molecule has 2 aliphatic rings. The van der Waals surface area contributed by atoms with Gasteiger partial charge in [-0.2, -0.15) is 0 Å². The van der Waals surface area contributed by atoms with E-state index in [1.165, 1.54) is 25.0 Å². The number of benzene rings is 1. The number of aryl methyl sites for hydroxylation is 1. The SMILES string of the molecule is Cc1ccc(F)cc1C(=O)N1CCN(c2ccc(C(=O)NCCC3CC3)nn2)CC1. The molecule has 4 rings (SSSR count). The zero-order chi connectivity index (χ0) is 21.1. The van der Waals surface area contributed by atoms with Gasteiger partial charge in [0.05, 0.1) is 0 Å². The second-order valence-corrected chi connectivity index (χ2v) is 8.00. The Kier molecular flexibility index (Phi) is 5.92. The molecular formula is C22H26FN5O2. The lowest BCUT2D eigenvalue weighted by Gasteiger charge is -2.35. The van der Waals surface area contributed by atoms with Crippen LogP contribution in [0.1, 0.15) is 45.7 Å². The number of halogens is 1. The summed E-state index contributed by atoms with van der Waals surface area (Å²) in [6.07, 6.45) is 3.56. The van der Waals surface area contributed by atoms with Crippen LogP contribution in [0.3, 0.4) is 0 Å². The van der Waals surface area contributed by atoms with Crippen molar-refractivity contribution in [3.05, 3.63) is 53.0 Å². The molecule has 0 spiro atoms. The number of nitrogens with one attached hydrogen (secondary N) is 1. The lowest BCUT2D eigenvalue weighted by molar-refractivity contribution is 0.0745. The Labute approximate surface area is 175 Å². The van der Waals surface area contributed by atoms with Gasteiger partial charge in [-0.05, 0) is 49.1 Å². The van der Waals surface area contributed by atoms with E-state index in [1.54, 1.807) is 23.1 Å². The number of piperazine rings is 1. The first-order chi connectivity index (χ1) is 14.5. The van der Waals surface area contributed by atoms with Crippen molar-refractivity contribution in [2.75, 3.05) is 37.6 Å². The summed E-state index contributed by atoms with van der Waals surface area (Å²) >= 11 is 0. The molecule has 0 unspecified atom stereocenters. The Bertz CT molecular complexity index is 922. The molecule has 1 aromatic carbocycles. The minimum absolute atomic E-state index is 0.157. The van der Waals surface area contributed by atoms with Gasteiger partial charge in [0.15, 0.2) is 11.5 Å². The highest BCUT2D eigenvalue weighted by Crippen LogP contribution is 2.31. The molecule has 1 saturated heterocycles. The van der Waals surface area contributed by atoms with Crippen LogP contribution >= 0.6 is 0 Å². The van der Waals surface area contributed by atoms with Crippen LogP contribution in [0.4, 0.5) is 10.2 Å². The van der Waals surface area contributed by atoms with Crippen LogP contribution in [-0.4, -0.2) is 59.6 Å². The third-order valence-electron chi connectivity index (χ3n) is 5.74. The van der Waals surface area contributed by atoms with E-state index >= 15 is 0 Å². The van der Waals surface area contributed by atoms with E-state index in [4.69, 9.17) is 0 Å². The fraction of sp³-hybridized carbons (Fsp3) is 0.455. The molecule has 2 amide bonds. The largest absolute Gasteiger partial charge is 0.352 e. The molecule has 8 heteroatoms. The molecule has 158 valence electrons. The normalized spacial score (nSPS) is 16.5. The van der Waals surface area contributed by atoms with Gasteiger partial charge in [0.1, 0.15) is 5.82 Å². The van der Waals surface area contributed by atoms with Crippen LogP contribution in [0.2, 0.25) is 0 Å². The number of hydrogen-bond acceptors (Lipinski definition) is 5. The van der Waals surface area contributed by atoms with Crippen LogP contribution in [0.25, 0.3) is 0 Å². The smallest absolute Gasteiger partial charge is 0.271 e. The summed E-state index contributed by atoms with van der Waals surface area (Å²) in [6.45, 7) is 4.71. The molecule has 7 nitrogen and oxygen atoms in total. The van der Waals surface area contributed by atoms with Crippen molar-refractivity contribution in [2.24, 2.45) is 5.92 Å². The number of carbonyl (C=O) groups is 2. The predicted octanol–water partition coefficient (Wildman–Crippen LogP) is 2.42. The maximum Gasteiger partial charge on any atom is 0.271 e. The van der Waals surface area contributed by atoms with E-state index in [-0.39, 0.29) is 11.8 Å². The van der Waals surface area contributed by atoms with Gasteiger partial charge in [0.25, 0.3) is 11.8 Å². The zero-order valence-electron chi connectivity index (χ0n) is 17.1. The third-order valence-corrected chi connectivity index (χ3v) is 5.74. The molecule has 1 aromatic heterocycles. The summed E-state index contributed by atoms with van der Waals surface area (Å²) in [7, 11) is 0. The summed E-state index contributed by atoms with van der Waals surface area (Å²) < 4.78 is 13.5. The average molecular weight is 411 g/mol. The van der Waals surface area contributed by atoms with E-state index in [0.29, 0.717) is 49.8 Å². The maximum atomic E-state index is 13.5. The average Bonchev–Trinajstić information content (AvgIpc) is 3.59. The van der Waals surface area contributed by atoms with Crippen LogP contribution < -0.4 is 10.2 Å². The van der Waals surface area contributed by atoms with Crippen molar-refractivity contribution in [3.63, 3.8) is 0 Å². The molecule has 0 radical (unpaired) electrons. The van der Waals surface area contributed by atoms with Gasteiger partial charge >= 0.3 is 0 Å². The van der Waals surface area contributed by atoms with Crippen molar-refractivity contribution in [2.45, 2.75) is 26.2 Å². The second kappa shape index (κ2) is 8.77. The fourth-order valence-corrected chi connectivity index (χ4v) is 3.64. The molecule has 2 aromatic rings. The van der Waals surface area contributed by atoms with Crippen LogP contribution in [0.15, 0.2) is 30.3 Å². The molecular weight excluding hydrogens is 385 g/mol. The minimum Gasteiger partial charge on any atom is -0.352 e. The zero-order valence-corrected chi connectivity index (χ0v) is 17.1. The van der Waals surface area contributed by atoms with Gasteiger partial charge in [-0.3, -0.25) is 9.59 Å². The first kappa shape index (κ1) is 20.3. The number of rotatable bonds is 6. The molecule has 1 N–H and O–H groups in total. The summed E-state index contributed by atoms with van der Waals surface area (Å²) in [5.74, 6) is 0.689. The summed E-state index contributed by atoms with van der Waals surface area (Å²) in [5, 5.41) is 11.1. The van der Waals surface area contributed by atoms with Crippen LogP contribution in [0, 0.1) is 18.7 Å². The number of amides is 2. The number of aromatic nitrogens is 2. The molecule has 0 atom stereocenters. The van der Waals surface area contributed by atoms with Crippen molar-refractivity contribution < 1.29 is 14.0 Å². The van der Waals surface area contributed by atoms with E-state index in [0.717, 1.165) is 17.9 Å². The number of carbonyl (C=O) groups excluding carboxylic acids is 2. The highest BCUT2D eigenvalue weighted by atomic mass is 19.1. The van der Waals surface area contributed by atoms with Gasteiger partial charge in [-0.1, -0.05) is 18.9 Å². The predicted molar refractivity (Wildman–Crippen MR) is 111 cm³/mol. The Morgan fingerprint density at radius 3 is 2.53 bits per heavy atom. The van der Waals surface area contributed by atoms with Crippen molar-refractivity contribution in [1.29, 1.82) is 0 Å². The van der Waals surface area contributed by atoms with E-state index in [2.05, 4.69) is 15.5 Å². The topological polar surface area (TPSA) is 78.4 Å². The molecule has 1 aliphatic heterocycles. The van der Waals surface area contributed by atoms with Gasteiger partial charge in [0, 0.05) is 38.3 Å². The second-order valence-electron chi connectivity index (χ2n) is 8.00. The van der Waals surface area contributed by atoms with Gasteiger partial charge in [-0.15, -0.1) is 10.2 Å². The maximum absolute atomic E-state index is 13.5. The standard InChI is InChI=1S/C22H26FN5O2/c1-15-2-5-17(23)14-18(15)22(30)28-12-10-27(11-13-28)20-7-6-19(25-26-20)21(29)24-9-8-16-3-4-16/h2,5-7,14,16H,3-4,8-13H2,1H3,(H,24,29). The lowest BCUT2D eigenvalue weighted by atomic mass is 10.1. The Morgan fingerprint density at radius 2 is 1.87 bits per heavy atom. The number of anilines is 1. The van der Waals surface area contributed by atoms with E-state index < -0.39 is 5.82 Å². The Hall–Kier alpha value is -3.03. The van der Waals surface area contributed by atoms with E-state index in [9.17, 15) is 14.0 Å². The quantitative estimate of drug-likeness (QED) is 0.790. The molecule has 0 bridgehead atoms. The van der Waals surface area contributed by atoms with Crippen molar-refractivity contribution in [3.8, 4) is 0 Å².